The molecule has 0 saturated carbocycles. The van der Waals surface area contributed by atoms with E-state index >= 15 is 0 Å². The third-order valence-corrected chi connectivity index (χ3v) is 5.69. The Bertz CT molecular complexity index is 983. The number of benzene rings is 2. The van der Waals surface area contributed by atoms with Gasteiger partial charge in [0.05, 0.1) is 12.1 Å². The molecule has 5 nitrogen and oxygen atoms in total. The summed E-state index contributed by atoms with van der Waals surface area (Å²) >= 11 is 0. The molecule has 3 aromatic rings. The number of amides is 1. The summed E-state index contributed by atoms with van der Waals surface area (Å²) in [5.74, 6) is 0.0640. The van der Waals surface area contributed by atoms with Crippen molar-refractivity contribution in [3.63, 3.8) is 0 Å². The Balaban J connectivity index is 1.31. The minimum atomic E-state index is 0.0640. The highest BCUT2D eigenvalue weighted by Gasteiger charge is 2.20. The molecule has 1 fully saturated rings. The number of rotatable bonds is 5. The number of carbonyl (C=O) groups excluding carboxylic acids is 1. The standard InChI is InChI=1S/C24H28N4O/c1-18-6-3-7-19(2)23(18)26-22(29)17-28-14-12-27(13-15-28)16-21-9-4-8-20-10-5-11-25-24(20)21/h3-11H,12-17H2,1-2H3,(H,26,29). The maximum Gasteiger partial charge on any atom is 0.238 e. The molecule has 0 unspecified atom stereocenters. The van der Waals surface area contributed by atoms with Gasteiger partial charge in [0.15, 0.2) is 0 Å². The van der Waals surface area contributed by atoms with E-state index < -0.39 is 0 Å². The second kappa shape index (κ2) is 8.72. The van der Waals surface area contributed by atoms with Gasteiger partial charge in [-0.25, -0.2) is 0 Å². The number of nitrogens with zero attached hydrogens (tertiary/aromatic N) is 3. The fraction of sp³-hybridized carbons (Fsp3) is 0.333. The minimum Gasteiger partial charge on any atom is -0.324 e. The van der Waals surface area contributed by atoms with E-state index in [1.54, 1.807) is 0 Å². The highest BCUT2D eigenvalue weighted by molar-refractivity contribution is 5.93. The molecule has 2 heterocycles. The summed E-state index contributed by atoms with van der Waals surface area (Å²) in [6.07, 6.45) is 1.86. The smallest absolute Gasteiger partial charge is 0.238 e. The molecule has 1 aliphatic heterocycles. The zero-order valence-electron chi connectivity index (χ0n) is 17.2. The van der Waals surface area contributed by atoms with Gasteiger partial charge in [-0.1, -0.05) is 42.5 Å². The van der Waals surface area contributed by atoms with Crippen LogP contribution in [0.15, 0.2) is 54.7 Å². The Hall–Kier alpha value is -2.76. The molecule has 4 rings (SSSR count). The average molecular weight is 389 g/mol. The number of fused-ring (bicyclic) bond motifs is 1. The van der Waals surface area contributed by atoms with Crippen molar-refractivity contribution in [1.29, 1.82) is 0 Å². The first-order valence-electron chi connectivity index (χ1n) is 10.2. The van der Waals surface area contributed by atoms with Gasteiger partial charge in [0.1, 0.15) is 0 Å². The average Bonchev–Trinajstić information content (AvgIpc) is 2.73. The first-order valence-corrected chi connectivity index (χ1v) is 10.2. The Morgan fingerprint density at radius 3 is 2.34 bits per heavy atom. The van der Waals surface area contributed by atoms with Crippen LogP contribution in [0.4, 0.5) is 5.69 Å². The molecule has 29 heavy (non-hydrogen) atoms. The van der Waals surface area contributed by atoms with Gasteiger partial charge in [0.25, 0.3) is 0 Å². The summed E-state index contributed by atoms with van der Waals surface area (Å²) < 4.78 is 0. The predicted octanol–water partition coefficient (Wildman–Crippen LogP) is 3.61. The van der Waals surface area contributed by atoms with Gasteiger partial charge in [-0.2, -0.15) is 0 Å². The highest BCUT2D eigenvalue weighted by atomic mass is 16.2. The van der Waals surface area contributed by atoms with E-state index in [-0.39, 0.29) is 5.91 Å². The van der Waals surface area contributed by atoms with Crippen molar-refractivity contribution in [2.75, 3.05) is 38.0 Å². The second-order valence-corrected chi connectivity index (χ2v) is 7.86. The van der Waals surface area contributed by atoms with Gasteiger partial charge >= 0.3 is 0 Å². The number of anilines is 1. The third kappa shape index (κ3) is 4.63. The van der Waals surface area contributed by atoms with Crippen molar-refractivity contribution in [2.45, 2.75) is 20.4 Å². The SMILES string of the molecule is Cc1cccc(C)c1NC(=O)CN1CCN(Cc2cccc3cccnc23)CC1. The number of hydrogen-bond acceptors (Lipinski definition) is 4. The van der Waals surface area contributed by atoms with Crippen LogP contribution >= 0.6 is 0 Å². The number of aryl methyl sites for hydroxylation is 2. The highest BCUT2D eigenvalue weighted by Crippen LogP contribution is 2.20. The number of nitrogens with one attached hydrogen (secondary N) is 1. The monoisotopic (exact) mass is 388 g/mol. The molecule has 1 aromatic heterocycles. The first-order chi connectivity index (χ1) is 14.1. The summed E-state index contributed by atoms with van der Waals surface area (Å²) in [7, 11) is 0. The molecular formula is C24H28N4O. The predicted molar refractivity (Wildman–Crippen MR) is 118 cm³/mol. The molecule has 2 aromatic carbocycles. The van der Waals surface area contributed by atoms with Gasteiger partial charge in [-0.3, -0.25) is 19.6 Å². The molecule has 5 heteroatoms. The lowest BCUT2D eigenvalue weighted by molar-refractivity contribution is -0.117. The molecule has 1 N–H and O–H groups in total. The van der Waals surface area contributed by atoms with Crippen LogP contribution in [0, 0.1) is 13.8 Å². The number of piperazine rings is 1. The van der Waals surface area contributed by atoms with Crippen LogP contribution in [0.2, 0.25) is 0 Å². The van der Waals surface area contributed by atoms with E-state index in [1.807, 2.05) is 44.3 Å². The Kier molecular flexibility index (Phi) is 5.88. The van der Waals surface area contributed by atoms with E-state index in [2.05, 4.69) is 44.4 Å². The van der Waals surface area contributed by atoms with E-state index in [0.717, 1.165) is 55.1 Å². The van der Waals surface area contributed by atoms with Gasteiger partial charge in [0.2, 0.25) is 5.91 Å². The van der Waals surface area contributed by atoms with Gasteiger partial charge in [-0.15, -0.1) is 0 Å². The molecule has 0 atom stereocenters. The lowest BCUT2D eigenvalue weighted by atomic mass is 10.1. The maximum atomic E-state index is 12.5. The molecule has 0 aliphatic carbocycles. The largest absolute Gasteiger partial charge is 0.324 e. The molecule has 1 saturated heterocycles. The Morgan fingerprint density at radius 1 is 0.931 bits per heavy atom. The summed E-state index contributed by atoms with van der Waals surface area (Å²) in [6.45, 7) is 9.12. The first kappa shape index (κ1) is 19.6. The van der Waals surface area contributed by atoms with Crippen LogP contribution in [0.5, 0.6) is 0 Å². The summed E-state index contributed by atoms with van der Waals surface area (Å²) in [4.78, 5) is 21.8. The summed E-state index contributed by atoms with van der Waals surface area (Å²) in [5, 5.41) is 4.28. The van der Waals surface area contributed by atoms with E-state index in [4.69, 9.17) is 0 Å². The van der Waals surface area contributed by atoms with Crippen LogP contribution in [-0.2, 0) is 11.3 Å². The Labute approximate surface area is 172 Å². The van der Waals surface area contributed by atoms with E-state index in [0.29, 0.717) is 6.54 Å². The Morgan fingerprint density at radius 2 is 1.59 bits per heavy atom. The molecule has 0 radical (unpaired) electrons. The molecule has 0 bridgehead atoms. The van der Waals surface area contributed by atoms with Crippen LogP contribution in [0.1, 0.15) is 16.7 Å². The van der Waals surface area contributed by atoms with Gasteiger partial charge in [0, 0.05) is 50.0 Å². The molecule has 0 spiro atoms. The zero-order valence-corrected chi connectivity index (χ0v) is 17.2. The fourth-order valence-electron chi connectivity index (χ4n) is 4.04. The molecule has 1 amide bonds. The van der Waals surface area contributed by atoms with E-state index in [9.17, 15) is 4.79 Å². The topological polar surface area (TPSA) is 48.5 Å². The van der Waals surface area contributed by atoms with Crippen molar-refractivity contribution in [2.24, 2.45) is 0 Å². The second-order valence-electron chi connectivity index (χ2n) is 7.86. The minimum absolute atomic E-state index is 0.0640. The number of pyridine rings is 1. The van der Waals surface area contributed by atoms with Crippen LogP contribution < -0.4 is 5.32 Å². The maximum absolute atomic E-state index is 12.5. The normalized spacial score (nSPS) is 15.5. The van der Waals surface area contributed by atoms with Crippen LogP contribution in [-0.4, -0.2) is 53.4 Å². The van der Waals surface area contributed by atoms with Crippen molar-refractivity contribution < 1.29 is 4.79 Å². The number of hydrogen-bond donors (Lipinski definition) is 1. The third-order valence-electron chi connectivity index (χ3n) is 5.69. The molecular weight excluding hydrogens is 360 g/mol. The van der Waals surface area contributed by atoms with Gasteiger partial charge < -0.3 is 5.32 Å². The molecule has 150 valence electrons. The number of aromatic nitrogens is 1. The van der Waals surface area contributed by atoms with Crippen molar-refractivity contribution >= 4 is 22.5 Å². The van der Waals surface area contributed by atoms with Crippen LogP contribution in [0.3, 0.4) is 0 Å². The zero-order chi connectivity index (χ0) is 20.2. The number of carbonyl (C=O) groups is 1. The lowest BCUT2D eigenvalue weighted by Crippen LogP contribution is -2.48. The van der Waals surface area contributed by atoms with Crippen molar-refractivity contribution in [3.8, 4) is 0 Å². The quantitative estimate of drug-likeness (QED) is 0.725. The lowest BCUT2D eigenvalue weighted by Gasteiger charge is -2.34. The fourth-order valence-corrected chi connectivity index (χ4v) is 4.04. The van der Waals surface area contributed by atoms with Gasteiger partial charge in [-0.05, 0) is 36.6 Å². The van der Waals surface area contributed by atoms with Crippen molar-refractivity contribution in [3.05, 3.63) is 71.4 Å². The van der Waals surface area contributed by atoms with Crippen LogP contribution in [0.25, 0.3) is 10.9 Å². The number of para-hydroxylation sites is 2. The van der Waals surface area contributed by atoms with Crippen molar-refractivity contribution in [1.82, 2.24) is 14.8 Å². The van der Waals surface area contributed by atoms with E-state index in [1.165, 1.54) is 10.9 Å². The summed E-state index contributed by atoms with van der Waals surface area (Å²) in [6, 6.07) is 16.6. The molecule has 1 aliphatic rings. The summed E-state index contributed by atoms with van der Waals surface area (Å²) in [5.41, 5.74) is 5.51.